The van der Waals surface area contributed by atoms with Gasteiger partial charge in [0.15, 0.2) is 11.5 Å². The summed E-state index contributed by atoms with van der Waals surface area (Å²) in [6.07, 6.45) is 1.52. The van der Waals surface area contributed by atoms with Crippen LogP contribution in [0.5, 0.6) is 11.5 Å². The fourth-order valence-corrected chi connectivity index (χ4v) is 2.63. The van der Waals surface area contributed by atoms with Crippen LogP contribution in [0.25, 0.3) is 11.0 Å². The van der Waals surface area contributed by atoms with E-state index >= 15 is 0 Å². The Morgan fingerprint density at radius 1 is 1.30 bits per heavy atom. The van der Waals surface area contributed by atoms with Crippen LogP contribution in [0.1, 0.15) is 24.6 Å². The lowest BCUT2D eigenvalue weighted by Gasteiger charge is -2.05. The number of H-pyrrole nitrogens is 1. The third-order valence-corrected chi connectivity index (χ3v) is 3.83. The predicted molar refractivity (Wildman–Crippen MR) is 70.2 cm³/mol. The van der Waals surface area contributed by atoms with Gasteiger partial charge in [0.1, 0.15) is 5.82 Å². The number of hydrogen-bond donors (Lipinski definition) is 2. The van der Waals surface area contributed by atoms with Crippen molar-refractivity contribution in [2.75, 3.05) is 13.2 Å². The van der Waals surface area contributed by atoms with Gasteiger partial charge in [0, 0.05) is 24.5 Å². The van der Waals surface area contributed by atoms with Gasteiger partial charge in [-0.05, 0) is 6.42 Å². The number of carbonyl (C=O) groups is 1. The van der Waals surface area contributed by atoms with Gasteiger partial charge in [-0.2, -0.15) is 0 Å². The first kappa shape index (κ1) is 11.6. The van der Waals surface area contributed by atoms with Crippen LogP contribution in [0.15, 0.2) is 12.1 Å². The summed E-state index contributed by atoms with van der Waals surface area (Å²) in [6, 6.07) is 3.73. The molecule has 6 nitrogen and oxygen atoms in total. The van der Waals surface area contributed by atoms with Crippen molar-refractivity contribution in [1.29, 1.82) is 0 Å². The number of rotatable bonds is 2. The molecule has 1 aromatic heterocycles. The highest BCUT2D eigenvalue weighted by molar-refractivity contribution is 5.81. The Balaban J connectivity index is 1.71. The van der Waals surface area contributed by atoms with Gasteiger partial charge in [-0.3, -0.25) is 4.79 Å². The van der Waals surface area contributed by atoms with Gasteiger partial charge in [-0.1, -0.05) is 0 Å². The van der Waals surface area contributed by atoms with Gasteiger partial charge in [-0.25, -0.2) is 4.98 Å². The molecule has 0 bridgehead atoms. The van der Waals surface area contributed by atoms with Crippen molar-refractivity contribution in [2.45, 2.75) is 18.8 Å². The molecule has 104 valence electrons. The smallest absolute Gasteiger partial charge is 0.307 e. The van der Waals surface area contributed by atoms with E-state index in [4.69, 9.17) is 14.6 Å². The molecular weight excluding hydrogens is 260 g/mol. The Kier molecular flexibility index (Phi) is 2.39. The lowest BCUT2D eigenvalue weighted by molar-refractivity contribution is -0.138. The number of carboxylic acids is 1. The van der Waals surface area contributed by atoms with Crippen LogP contribution in [0.2, 0.25) is 0 Å². The van der Waals surface area contributed by atoms with Gasteiger partial charge in [0.25, 0.3) is 0 Å². The molecule has 4 rings (SSSR count). The van der Waals surface area contributed by atoms with E-state index < -0.39 is 5.97 Å². The molecule has 0 spiro atoms. The quantitative estimate of drug-likeness (QED) is 0.873. The van der Waals surface area contributed by atoms with Crippen LogP contribution < -0.4 is 9.47 Å². The Labute approximate surface area is 114 Å². The highest BCUT2D eigenvalue weighted by Gasteiger charge is 2.46. The number of nitrogens with one attached hydrogen (secondary N) is 1. The molecule has 1 aromatic carbocycles. The maximum atomic E-state index is 10.9. The first-order valence-corrected chi connectivity index (χ1v) is 6.74. The second-order valence-electron chi connectivity index (χ2n) is 5.28. The normalized spacial score (nSPS) is 24.4. The molecule has 2 aliphatic rings. The summed E-state index contributed by atoms with van der Waals surface area (Å²) in [7, 11) is 0. The van der Waals surface area contributed by atoms with Gasteiger partial charge < -0.3 is 19.6 Å². The maximum Gasteiger partial charge on any atom is 0.307 e. The Bertz CT molecular complexity index is 651. The molecule has 2 N–H and O–H groups in total. The molecule has 6 heteroatoms. The van der Waals surface area contributed by atoms with Crippen molar-refractivity contribution in [3.8, 4) is 11.5 Å². The van der Waals surface area contributed by atoms with Crippen LogP contribution in [-0.4, -0.2) is 34.3 Å². The number of aliphatic carboxylic acids is 1. The monoisotopic (exact) mass is 274 g/mol. The van der Waals surface area contributed by atoms with E-state index in [1.807, 2.05) is 12.1 Å². The highest BCUT2D eigenvalue weighted by atomic mass is 16.5. The Morgan fingerprint density at radius 2 is 2.05 bits per heavy atom. The van der Waals surface area contributed by atoms with Crippen molar-refractivity contribution in [3.63, 3.8) is 0 Å². The van der Waals surface area contributed by atoms with Crippen molar-refractivity contribution in [2.24, 2.45) is 5.92 Å². The number of imidazole rings is 1. The molecule has 1 saturated carbocycles. The molecule has 1 fully saturated rings. The molecule has 20 heavy (non-hydrogen) atoms. The number of carboxylic acid groups (broad SMARTS) is 1. The summed E-state index contributed by atoms with van der Waals surface area (Å²) in [6.45, 7) is 1.28. The lowest BCUT2D eigenvalue weighted by atomic mass is 10.3. The second kappa shape index (κ2) is 4.13. The van der Waals surface area contributed by atoms with E-state index in [1.165, 1.54) is 0 Å². The van der Waals surface area contributed by atoms with E-state index in [-0.39, 0.29) is 11.8 Å². The molecule has 1 aliphatic heterocycles. The molecule has 2 heterocycles. The summed E-state index contributed by atoms with van der Waals surface area (Å²) in [5.74, 6) is 1.11. The van der Waals surface area contributed by atoms with Crippen LogP contribution >= 0.6 is 0 Å². The summed E-state index contributed by atoms with van der Waals surface area (Å²) >= 11 is 0. The summed E-state index contributed by atoms with van der Waals surface area (Å²) < 4.78 is 11.3. The fraction of sp³-hybridized carbons (Fsp3) is 0.429. The number of benzene rings is 1. The highest BCUT2D eigenvalue weighted by Crippen LogP contribution is 2.47. The number of aromatic amines is 1. The Hall–Kier alpha value is -2.24. The number of hydrogen-bond acceptors (Lipinski definition) is 4. The van der Waals surface area contributed by atoms with Crippen molar-refractivity contribution in [1.82, 2.24) is 9.97 Å². The minimum absolute atomic E-state index is 0.00143. The van der Waals surface area contributed by atoms with Crippen LogP contribution in [0.3, 0.4) is 0 Å². The molecule has 2 unspecified atom stereocenters. The summed E-state index contributed by atoms with van der Waals surface area (Å²) in [5.41, 5.74) is 1.65. The number of aromatic nitrogens is 2. The SMILES string of the molecule is O=C(O)C1CC1c1nc2cc3c(cc2[nH]1)OCCCO3. The van der Waals surface area contributed by atoms with Gasteiger partial charge in [-0.15, -0.1) is 0 Å². The zero-order valence-electron chi connectivity index (χ0n) is 10.8. The van der Waals surface area contributed by atoms with Crippen molar-refractivity contribution < 1.29 is 19.4 Å². The first-order chi connectivity index (χ1) is 9.72. The molecule has 2 aromatic rings. The molecule has 0 amide bonds. The van der Waals surface area contributed by atoms with Gasteiger partial charge in [0.2, 0.25) is 0 Å². The topological polar surface area (TPSA) is 84.4 Å². The average molecular weight is 274 g/mol. The average Bonchev–Trinajstić information content (AvgIpc) is 3.16. The number of ether oxygens (including phenoxy) is 2. The summed E-state index contributed by atoms with van der Waals surface area (Å²) in [5, 5.41) is 8.98. The minimum atomic E-state index is -0.752. The molecule has 1 aliphatic carbocycles. The first-order valence-electron chi connectivity index (χ1n) is 6.74. The van der Waals surface area contributed by atoms with E-state index in [2.05, 4.69) is 9.97 Å². The second-order valence-corrected chi connectivity index (χ2v) is 5.28. The lowest BCUT2D eigenvalue weighted by Crippen LogP contribution is -1.99. The number of fused-ring (bicyclic) bond motifs is 2. The van der Waals surface area contributed by atoms with Crippen LogP contribution in [-0.2, 0) is 4.79 Å². The zero-order valence-corrected chi connectivity index (χ0v) is 10.8. The van der Waals surface area contributed by atoms with Crippen LogP contribution in [0, 0.1) is 5.92 Å². The largest absolute Gasteiger partial charge is 0.489 e. The van der Waals surface area contributed by atoms with Crippen molar-refractivity contribution >= 4 is 17.0 Å². The predicted octanol–water partition coefficient (Wildman–Crippen LogP) is 1.91. The minimum Gasteiger partial charge on any atom is -0.489 e. The van der Waals surface area contributed by atoms with Crippen molar-refractivity contribution in [3.05, 3.63) is 18.0 Å². The van der Waals surface area contributed by atoms with E-state index in [0.717, 1.165) is 29.0 Å². The van der Waals surface area contributed by atoms with E-state index in [1.54, 1.807) is 0 Å². The third kappa shape index (κ3) is 1.79. The standard InChI is InChI=1S/C14H14N2O4/c17-14(18)8-4-7(8)13-15-9-5-11-12(6-10(9)16-13)20-3-1-2-19-11/h5-8H,1-4H2,(H,15,16)(H,17,18). The van der Waals surface area contributed by atoms with Gasteiger partial charge in [0.05, 0.1) is 30.2 Å². The zero-order chi connectivity index (χ0) is 13.7. The van der Waals surface area contributed by atoms with E-state index in [0.29, 0.717) is 25.4 Å². The van der Waals surface area contributed by atoms with Gasteiger partial charge >= 0.3 is 5.97 Å². The summed E-state index contributed by atoms with van der Waals surface area (Å²) in [4.78, 5) is 18.6. The molecular formula is C14H14N2O4. The molecule has 0 saturated heterocycles. The fourth-order valence-electron chi connectivity index (χ4n) is 2.63. The molecule has 0 radical (unpaired) electrons. The molecule has 2 atom stereocenters. The third-order valence-electron chi connectivity index (χ3n) is 3.83. The Morgan fingerprint density at radius 3 is 2.75 bits per heavy atom. The number of nitrogens with zero attached hydrogens (tertiary/aromatic N) is 1. The van der Waals surface area contributed by atoms with E-state index in [9.17, 15) is 4.79 Å². The van der Waals surface area contributed by atoms with Crippen LogP contribution in [0.4, 0.5) is 0 Å². The maximum absolute atomic E-state index is 10.9.